The van der Waals surface area contributed by atoms with E-state index >= 15 is 0 Å². The lowest BCUT2D eigenvalue weighted by Gasteiger charge is -2.22. The summed E-state index contributed by atoms with van der Waals surface area (Å²) < 4.78 is 0. The normalized spacial score (nSPS) is 12.4. The minimum atomic E-state index is 0.923. The Morgan fingerprint density at radius 3 is 2.61 bits per heavy atom. The summed E-state index contributed by atoms with van der Waals surface area (Å²) in [6.07, 6.45) is 4.66. The first-order chi connectivity index (χ1) is 8.60. The van der Waals surface area contributed by atoms with Crippen molar-refractivity contribution < 1.29 is 0 Å². The van der Waals surface area contributed by atoms with Crippen molar-refractivity contribution in [2.75, 3.05) is 11.9 Å². The zero-order valence-electron chi connectivity index (χ0n) is 11.8. The summed E-state index contributed by atoms with van der Waals surface area (Å²) in [7, 11) is 2.07. The third-order valence-corrected chi connectivity index (χ3v) is 3.01. The van der Waals surface area contributed by atoms with Crippen molar-refractivity contribution in [1.82, 2.24) is 0 Å². The number of rotatable bonds is 5. The minimum absolute atomic E-state index is 0.923. The molecule has 18 heavy (non-hydrogen) atoms. The van der Waals surface area contributed by atoms with Gasteiger partial charge in [-0.15, -0.1) is 0 Å². The Hall–Kier alpha value is -1.83. The fourth-order valence-corrected chi connectivity index (χ4v) is 1.66. The van der Waals surface area contributed by atoms with Crippen LogP contribution in [0.4, 0.5) is 5.69 Å². The lowest BCUT2D eigenvalue weighted by atomic mass is 10.1. The van der Waals surface area contributed by atoms with Crippen LogP contribution in [0.25, 0.3) is 0 Å². The van der Waals surface area contributed by atoms with Crippen molar-refractivity contribution in [2.45, 2.75) is 27.2 Å². The van der Waals surface area contributed by atoms with Gasteiger partial charge in [0.2, 0.25) is 0 Å². The molecular formula is C16H22N2. The topological polar surface area (TPSA) is 15.6 Å². The van der Waals surface area contributed by atoms with E-state index in [1.165, 1.54) is 11.3 Å². The zero-order valence-corrected chi connectivity index (χ0v) is 11.8. The first-order valence-electron chi connectivity index (χ1n) is 6.25. The van der Waals surface area contributed by atoms with Gasteiger partial charge in [0.05, 0.1) is 0 Å². The van der Waals surface area contributed by atoms with Crippen LogP contribution in [0.15, 0.2) is 53.8 Å². The second kappa shape index (κ2) is 6.80. The number of benzene rings is 1. The number of hydrogen-bond donors (Lipinski definition) is 0. The molecule has 0 saturated heterocycles. The van der Waals surface area contributed by atoms with E-state index in [2.05, 4.69) is 61.6 Å². The molecule has 0 N–H and O–H groups in total. The molecule has 0 aliphatic heterocycles. The Kier molecular flexibility index (Phi) is 5.37. The molecule has 0 saturated carbocycles. The Labute approximate surface area is 110 Å². The molecule has 0 atom stereocenters. The SMILES string of the molecule is C=CC(C)=N/C=C(\C)N(C)c1ccccc1CC. The van der Waals surface area contributed by atoms with Gasteiger partial charge in [-0.3, -0.25) is 4.99 Å². The van der Waals surface area contributed by atoms with E-state index in [0.717, 1.165) is 17.8 Å². The largest absolute Gasteiger partial charge is 0.347 e. The highest BCUT2D eigenvalue weighted by Crippen LogP contribution is 2.22. The fourth-order valence-electron chi connectivity index (χ4n) is 1.66. The van der Waals surface area contributed by atoms with Crippen molar-refractivity contribution in [3.8, 4) is 0 Å². The Morgan fingerprint density at radius 1 is 1.33 bits per heavy atom. The van der Waals surface area contributed by atoms with E-state index in [4.69, 9.17) is 0 Å². The molecule has 0 fully saturated rings. The summed E-state index contributed by atoms with van der Waals surface area (Å²) in [4.78, 5) is 6.50. The average molecular weight is 242 g/mol. The Balaban J connectivity index is 2.99. The lowest BCUT2D eigenvalue weighted by Crippen LogP contribution is -2.15. The van der Waals surface area contributed by atoms with E-state index < -0.39 is 0 Å². The second-order valence-corrected chi connectivity index (χ2v) is 4.29. The molecule has 2 nitrogen and oxygen atoms in total. The predicted octanol–water partition coefficient (Wildman–Crippen LogP) is 4.19. The van der Waals surface area contributed by atoms with Crippen molar-refractivity contribution in [3.05, 3.63) is 54.4 Å². The first kappa shape index (κ1) is 14.2. The van der Waals surface area contributed by atoms with Crippen LogP contribution < -0.4 is 4.90 Å². The number of nitrogens with zero attached hydrogens (tertiary/aromatic N) is 2. The summed E-state index contributed by atoms with van der Waals surface area (Å²) in [5.74, 6) is 0. The van der Waals surface area contributed by atoms with Crippen LogP contribution in [0.1, 0.15) is 26.3 Å². The quantitative estimate of drug-likeness (QED) is 0.707. The van der Waals surface area contributed by atoms with E-state index in [-0.39, 0.29) is 0 Å². The van der Waals surface area contributed by atoms with Crippen molar-refractivity contribution in [3.63, 3.8) is 0 Å². The van der Waals surface area contributed by atoms with Crippen LogP contribution in [-0.4, -0.2) is 12.8 Å². The Morgan fingerprint density at radius 2 is 2.00 bits per heavy atom. The summed E-state index contributed by atoms with van der Waals surface area (Å²) in [5.41, 5.74) is 4.61. The maximum atomic E-state index is 4.34. The van der Waals surface area contributed by atoms with Crippen LogP contribution in [0.3, 0.4) is 0 Å². The highest BCUT2D eigenvalue weighted by molar-refractivity contribution is 5.92. The molecule has 0 heterocycles. The maximum Gasteiger partial charge on any atom is 0.0463 e. The smallest absolute Gasteiger partial charge is 0.0463 e. The van der Waals surface area contributed by atoms with Gasteiger partial charge in [-0.25, -0.2) is 0 Å². The number of hydrogen-bond acceptors (Lipinski definition) is 2. The predicted molar refractivity (Wildman–Crippen MR) is 81.3 cm³/mol. The number of aliphatic imine (C=N–C) groups is 1. The minimum Gasteiger partial charge on any atom is -0.347 e. The molecule has 0 aliphatic rings. The van der Waals surface area contributed by atoms with Crippen LogP contribution in [-0.2, 0) is 6.42 Å². The van der Waals surface area contributed by atoms with E-state index in [1.807, 2.05) is 13.1 Å². The van der Waals surface area contributed by atoms with Crippen LogP contribution in [0.5, 0.6) is 0 Å². The number of allylic oxidation sites excluding steroid dienone is 2. The highest BCUT2D eigenvalue weighted by atomic mass is 15.1. The average Bonchev–Trinajstić information content (AvgIpc) is 2.43. The Bertz CT molecular complexity index is 470. The molecule has 0 aliphatic carbocycles. The summed E-state index contributed by atoms with van der Waals surface area (Å²) in [6.45, 7) is 9.87. The van der Waals surface area contributed by atoms with Crippen molar-refractivity contribution in [2.24, 2.45) is 4.99 Å². The third kappa shape index (κ3) is 3.59. The molecule has 0 amide bonds. The molecule has 0 unspecified atom stereocenters. The van der Waals surface area contributed by atoms with Gasteiger partial charge in [0.15, 0.2) is 0 Å². The monoisotopic (exact) mass is 242 g/mol. The lowest BCUT2D eigenvalue weighted by molar-refractivity contribution is 1.04. The molecule has 1 aromatic carbocycles. The van der Waals surface area contributed by atoms with E-state index in [9.17, 15) is 0 Å². The molecule has 0 bridgehead atoms. The van der Waals surface area contributed by atoms with Gasteiger partial charge < -0.3 is 4.90 Å². The van der Waals surface area contributed by atoms with E-state index in [0.29, 0.717) is 0 Å². The van der Waals surface area contributed by atoms with Crippen molar-refractivity contribution >= 4 is 11.4 Å². The van der Waals surface area contributed by atoms with Gasteiger partial charge in [0, 0.05) is 30.3 Å². The summed E-state index contributed by atoms with van der Waals surface area (Å²) in [6, 6.07) is 8.45. The van der Waals surface area contributed by atoms with E-state index in [1.54, 1.807) is 6.08 Å². The van der Waals surface area contributed by atoms with Crippen LogP contribution in [0.2, 0.25) is 0 Å². The number of anilines is 1. The zero-order chi connectivity index (χ0) is 13.5. The second-order valence-electron chi connectivity index (χ2n) is 4.29. The fraction of sp³-hybridized carbons (Fsp3) is 0.312. The van der Waals surface area contributed by atoms with Gasteiger partial charge in [0.1, 0.15) is 0 Å². The van der Waals surface area contributed by atoms with Crippen LogP contribution in [0, 0.1) is 0 Å². The molecular weight excluding hydrogens is 220 g/mol. The molecule has 0 radical (unpaired) electrons. The number of para-hydroxylation sites is 1. The standard InChI is InChI=1S/C16H22N2/c1-6-13(3)17-12-14(4)18(5)16-11-9-8-10-15(16)7-2/h6,8-12H,1,7H2,2-5H3/b14-12+,17-13?. The number of aryl methyl sites for hydroxylation is 1. The molecule has 2 heteroatoms. The first-order valence-corrected chi connectivity index (χ1v) is 6.25. The molecule has 1 aromatic rings. The van der Waals surface area contributed by atoms with Gasteiger partial charge in [-0.1, -0.05) is 31.7 Å². The molecule has 1 rings (SSSR count). The van der Waals surface area contributed by atoms with Crippen molar-refractivity contribution in [1.29, 1.82) is 0 Å². The third-order valence-electron chi connectivity index (χ3n) is 3.01. The summed E-state index contributed by atoms with van der Waals surface area (Å²) >= 11 is 0. The van der Waals surface area contributed by atoms with Gasteiger partial charge in [0.25, 0.3) is 0 Å². The maximum absolute atomic E-state index is 4.34. The molecule has 0 aromatic heterocycles. The van der Waals surface area contributed by atoms with Gasteiger partial charge in [-0.2, -0.15) is 0 Å². The van der Waals surface area contributed by atoms with Gasteiger partial charge >= 0.3 is 0 Å². The molecule has 96 valence electrons. The summed E-state index contributed by atoms with van der Waals surface area (Å²) in [5, 5.41) is 0. The van der Waals surface area contributed by atoms with Gasteiger partial charge in [-0.05, 0) is 38.0 Å². The van der Waals surface area contributed by atoms with Crippen LogP contribution >= 0.6 is 0 Å². The molecule has 0 spiro atoms. The highest BCUT2D eigenvalue weighted by Gasteiger charge is 2.06.